The van der Waals surface area contributed by atoms with E-state index in [1.807, 2.05) is 13.8 Å². The lowest BCUT2D eigenvalue weighted by molar-refractivity contribution is -0.148. The molecule has 1 saturated carbocycles. The molecule has 120 valence electrons. The van der Waals surface area contributed by atoms with Crippen molar-refractivity contribution in [2.75, 3.05) is 19.3 Å². The summed E-state index contributed by atoms with van der Waals surface area (Å²) >= 11 is 1.81. The van der Waals surface area contributed by atoms with Crippen LogP contribution < -0.4 is 5.32 Å². The molecule has 1 unspecified atom stereocenters. The molecule has 1 aliphatic carbocycles. The van der Waals surface area contributed by atoms with Crippen molar-refractivity contribution in [3.05, 3.63) is 0 Å². The topological polar surface area (TPSA) is 69.6 Å². The van der Waals surface area contributed by atoms with Crippen molar-refractivity contribution in [3.63, 3.8) is 0 Å². The Bertz CT molecular complexity index is 416. The zero-order valence-corrected chi connectivity index (χ0v) is 14.0. The maximum atomic E-state index is 12.4. The van der Waals surface area contributed by atoms with Gasteiger partial charge in [-0.1, -0.05) is 20.3 Å². The lowest BCUT2D eigenvalue weighted by Crippen LogP contribution is -2.60. The monoisotopic (exact) mass is 314 g/mol. The summed E-state index contributed by atoms with van der Waals surface area (Å²) < 4.78 is 0.166. The van der Waals surface area contributed by atoms with Crippen LogP contribution in [0.4, 0.5) is 4.79 Å². The molecule has 1 saturated heterocycles. The van der Waals surface area contributed by atoms with Gasteiger partial charge in [0.1, 0.15) is 6.04 Å². The molecule has 5 nitrogen and oxygen atoms in total. The van der Waals surface area contributed by atoms with Gasteiger partial charge in [0.2, 0.25) is 0 Å². The molecule has 21 heavy (non-hydrogen) atoms. The molecule has 0 spiro atoms. The van der Waals surface area contributed by atoms with Crippen LogP contribution in [0.5, 0.6) is 0 Å². The Morgan fingerprint density at radius 3 is 2.43 bits per heavy atom. The summed E-state index contributed by atoms with van der Waals surface area (Å²) in [7, 11) is 0. The van der Waals surface area contributed by atoms with Gasteiger partial charge in [0.15, 0.2) is 0 Å². The minimum Gasteiger partial charge on any atom is -0.480 e. The number of thioether (sulfide) groups is 1. The number of hydrogen-bond acceptors (Lipinski definition) is 3. The van der Waals surface area contributed by atoms with Crippen LogP contribution in [-0.2, 0) is 4.79 Å². The normalized spacial score (nSPS) is 26.8. The number of carbonyl (C=O) groups is 2. The second-order valence-electron chi connectivity index (χ2n) is 6.93. The van der Waals surface area contributed by atoms with Crippen LogP contribution in [0.2, 0.25) is 0 Å². The minimum atomic E-state index is -0.905. The molecule has 1 aliphatic heterocycles. The summed E-state index contributed by atoms with van der Waals surface area (Å²) in [6, 6.07) is -0.964. The van der Waals surface area contributed by atoms with Gasteiger partial charge in [0, 0.05) is 17.8 Å². The van der Waals surface area contributed by atoms with E-state index in [1.54, 1.807) is 11.8 Å². The Hall–Kier alpha value is -0.910. The average Bonchev–Trinajstić information content (AvgIpc) is 2.35. The highest BCUT2D eigenvalue weighted by Gasteiger charge is 2.45. The first-order valence-electron chi connectivity index (χ1n) is 7.64. The fourth-order valence-corrected chi connectivity index (χ4v) is 4.35. The third-order valence-corrected chi connectivity index (χ3v) is 6.44. The van der Waals surface area contributed by atoms with Crippen molar-refractivity contribution in [1.29, 1.82) is 0 Å². The lowest BCUT2D eigenvalue weighted by Gasteiger charge is -2.45. The van der Waals surface area contributed by atoms with Crippen molar-refractivity contribution in [1.82, 2.24) is 10.2 Å². The van der Waals surface area contributed by atoms with Gasteiger partial charge in [-0.05, 0) is 37.4 Å². The zero-order valence-electron chi connectivity index (χ0n) is 13.1. The van der Waals surface area contributed by atoms with E-state index < -0.39 is 12.0 Å². The molecule has 1 heterocycles. The number of carboxylic acid groups (broad SMARTS) is 1. The minimum absolute atomic E-state index is 0.166. The first kappa shape index (κ1) is 16.5. The third-order valence-electron chi connectivity index (χ3n) is 5.03. The first-order chi connectivity index (χ1) is 9.81. The molecule has 2 amide bonds. The van der Waals surface area contributed by atoms with Crippen molar-refractivity contribution in [3.8, 4) is 0 Å². The highest BCUT2D eigenvalue weighted by Crippen LogP contribution is 2.42. The highest BCUT2D eigenvalue weighted by atomic mass is 32.2. The summed E-state index contributed by atoms with van der Waals surface area (Å²) in [5.74, 6) is -0.905. The standard InChI is InChI=1S/C15H26N2O3S/c1-14(2)6-5-9-17(11(14)12(18)19)13(20)16-10-15(21-3)7-4-8-15/h11H,4-10H2,1-3H3,(H,16,20)(H,18,19). The molecule has 0 aromatic rings. The lowest BCUT2D eigenvalue weighted by atomic mass is 9.76. The number of carboxylic acids is 1. The molecule has 0 aromatic carbocycles. The Morgan fingerprint density at radius 2 is 1.95 bits per heavy atom. The van der Waals surface area contributed by atoms with Gasteiger partial charge in [-0.25, -0.2) is 9.59 Å². The maximum absolute atomic E-state index is 12.4. The predicted molar refractivity (Wildman–Crippen MR) is 84.6 cm³/mol. The van der Waals surface area contributed by atoms with Gasteiger partial charge in [-0.3, -0.25) is 0 Å². The van der Waals surface area contributed by atoms with Gasteiger partial charge >= 0.3 is 12.0 Å². The number of piperidine rings is 1. The van der Waals surface area contributed by atoms with Gasteiger partial charge < -0.3 is 15.3 Å². The van der Waals surface area contributed by atoms with Crippen LogP contribution in [0.3, 0.4) is 0 Å². The van der Waals surface area contributed by atoms with E-state index in [1.165, 1.54) is 11.3 Å². The number of carbonyl (C=O) groups excluding carboxylic acids is 1. The largest absolute Gasteiger partial charge is 0.480 e. The van der Waals surface area contributed by atoms with Gasteiger partial charge in [0.05, 0.1) is 0 Å². The Morgan fingerprint density at radius 1 is 1.29 bits per heavy atom. The zero-order chi connectivity index (χ0) is 15.7. The maximum Gasteiger partial charge on any atom is 0.327 e. The van der Waals surface area contributed by atoms with Crippen LogP contribution in [0.25, 0.3) is 0 Å². The second kappa shape index (κ2) is 6.07. The Labute approximate surface area is 130 Å². The van der Waals surface area contributed by atoms with Crippen molar-refractivity contribution >= 4 is 23.8 Å². The van der Waals surface area contributed by atoms with Crippen molar-refractivity contribution in [2.45, 2.75) is 56.7 Å². The first-order valence-corrected chi connectivity index (χ1v) is 8.86. The molecule has 2 fully saturated rings. The average molecular weight is 314 g/mol. The van der Waals surface area contributed by atoms with Gasteiger partial charge in [-0.15, -0.1) is 0 Å². The molecular weight excluding hydrogens is 288 g/mol. The van der Waals surface area contributed by atoms with Crippen LogP contribution in [-0.4, -0.2) is 52.1 Å². The van der Waals surface area contributed by atoms with E-state index >= 15 is 0 Å². The smallest absolute Gasteiger partial charge is 0.327 e. The van der Waals surface area contributed by atoms with E-state index in [2.05, 4.69) is 11.6 Å². The highest BCUT2D eigenvalue weighted by molar-refractivity contribution is 8.00. The fourth-order valence-electron chi connectivity index (χ4n) is 3.44. The Balaban J connectivity index is 2.01. The molecule has 6 heteroatoms. The van der Waals surface area contributed by atoms with Crippen LogP contribution in [0.15, 0.2) is 0 Å². The van der Waals surface area contributed by atoms with E-state index in [4.69, 9.17) is 0 Å². The summed E-state index contributed by atoms with van der Waals surface area (Å²) in [6.07, 6.45) is 7.24. The summed E-state index contributed by atoms with van der Waals surface area (Å²) in [6.45, 7) is 5.02. The van der Waals surface area contributed by atoms with Crippen molar-refractivity contribution < 1.29 is 14.7 Å². The number of amides is 2. The molecule has 1 atom stereocenters. The number of likely N-dealkylation sites (tertiary alicyclic amines) is 1. The van der Waals surface area contributed by atoms with E-state index in [-0.39, 0.29) is 16.2 Å². The quantitative estimate of drug-likeness (QED) is 0.837. The van der Waals surface area contributed by atoms with E-state index in [0.29, 0.717) is 13.1 Å². The summed E-state index contributed by atoms with van der Waals surface area (Å²) in [4.78, 5) is 25.5. The number of hydrogen-bond donors (Lipinski definition) is 2. The third kappa shape index (κ3) is 3.30. The SMILES string of the molecule is CSC1(CNC(=O)N2CCCC(C)(C)C2C(=O)O)CCC1. The van der Waals surface area contributed by atoms with Crippen LogP contribution in [0.1, 0.15) is 46.0 Å². The van der Waals surface area contributed by atoms with Gasteiger partial charge in [-0.2, -0.15) is 11.8 Å². The molecule has 0 aromatic heterocycles. The number of urea groups is 1. The van der Waals surface area contributed by atoms with Crippen LogP contribution in [0, 0.1) is 5.41 Å². The number of rotatable bonds is 4. The fraction of sp³-hybridized carbons (Fsp3) is 0.867. The van der Waals surface area contributed by atoms with E-state index in [9.17, 15) is 14.7 Å². The summed E-state index contributed by atoms with van der Waals surface area (Å²) in [5.41, 5.74) is -0.380. The molecule has 2 aliphatic rings. The Kier molecular flexibility index (Phi) is 4.76. The van der Waals surface area contributed by atoms with Crippen molar-refractivity contribution in [2.24, 2.45) is 5.41 Å². The number of nitrogens with one attached hydrogen (secondary N) is 1. The van der Waals surface area contributed by atoms with Gasteiger partial charge in [0.25, 0.3) is 0 Å². The summed E-state index contributed by atoms with van der Waals surface area (Å²) in [5, 5.41) is 12.5. The van der Waals surface area contributed by atoms with Crippen LogP contribution >= 0.6 is 11.8 Å². The second-order valence-corrected chi connectivity index (χ2v) is 8.20. The van der Waals surface area contributed by atoms with E-state index in [0.717, 1.165) is 25.7 Å². The number of nitrogens with zero attached hydrogens (tertiary/aromatic N) is 1. The number of aliphatic carboxylic acids is 1. The predicted octanol–water partition coefficient (Wildman–Crippen LogP) is 2.56. The molecule has 2 rings (SSSR count). The molecular formula is C15H26N2O3S. The molecule has 0 bridgehead atoms. The molecule has 2 N–H and O–H groups in total. The molecule has 0 radical (unpaired) electrons.